The van der Waals surface area contributed by atoms with Crippen LogP contribution in [0.1, 0.15) is 23.6 Å². The first-order valence-corrected chi connectivity index (χ1v) is 9.99. The largest absolute Gasteiger partial charge is 0.507 e. The van der Waals surface area contributed by atoms with Crippen LogP contribution in [-0.4, -0.2) is 49.9 Å². The molecule has 1 fully saturated rings. The quantitative estimate of drug-likeness (QED) is 0.348. The molecular weight excluding hydrogens is 415 g/mol. The van der Waals surface area contributed by atoms with Gasteiger partial charge in [0, 0.05) is 43.4 Å². The lowest BCUT2D eigenvalue weighted by Gasteiger charge is -2.25. The molecule has 3 heterocycles. The van der Waals surface area contributed by atoms with Gasteiger partial charge in [0.15, 0.2) is 11.6 Å². The summed E-state index contributed by atoms with van der Waals surface area (Å²) in [4.78, 5) is 35.3. The fourth-order valence-corrected chi connectivity index (χ4v) is 3.81. The Kier molecular flexibility index (Phi) is 5.98. The van der Waals surface area contributed by atoms with Gasteiger partial charge in [-0.25, -0.2) is 9.37 Å². The number of hydrogen-bond acceptors (Lipinski definition) is 6. The number of pyridine rings is 1. The molecule has 0 unspecified atom stereocenters. The van der Waals surface area contributed by atoms with E-state index >= 15 is 0 Å². The Labute approximate surface area is 183 Å². The van der Waals surface area contributed by atoms with E-state index in [1.165, 1.54) is 24.1 Å². The van der Waals surface area contributed by atoms with Gasteiger partial charge in [-0.15, -0.1) is 0 Å². The zero-order valence-electron chi connectivity index (χ0n) is 17.3. The second-order valence-corrected chi connectivity index (χ2v) is 7.28. The first kappa shape index (κ1) is 21.2. The average Bonchev–Trinajstić information content (AvgIpc) is 3.41. The van der Waals surface area contributed by atoms with E-state index < -0.39 is 29.3 Å². The third-order valence-corrected chi connectivity index (χ3v) is 5.34. The number of Topliss-reactive ketones (excluding diaryl/α,β-unsaturated/α-hetero) is 1. The van der Waals surface area contributed by atoms with Crippen molar-refractivity contribution in [2.45, 2.75) is 19.0 Å². The van der Waals surface area contributed by atoms with Gasteiger partial charge in [-0.3, -0.25) is 14.6 Å². The maximum Gasteiger partial charge on any atom is 0.295 e. The number of imidazole rings is 1. The van der Waals surface area contributed by atoms with Gasteiger partial charge in [0.1, 0.15) is 5.76 Å². The average molecular weight is 436 g/mol. The van der Waals surface area contributed by atoms with Gasteiger partial charge in [-0.2, -0.15) is 0 Å². The highest BCUT2D eigenvalue weighted by Gasteiger charge is 2.45. The monoisotopic (exact) mass is 436 g/mol. The van der Waals surface area contributed by atoms with Crippen LogP contribution in [0.15, 0.2) is 67.0 Å². The van der Waals surface area contributed by atoms with Crippen molar-refractivity contribution < 1.29 is 23.8 Å². The number of nitrogens with zero attached hydrogens (tertiary/aromatic N) is 4. The second kappa shape index (κ2) is 9.01. The third-order valence-electron chi connectivity index (χ3n) is 5.34. The Balaban J connectivity index is 1.72. The van der Waals surface area contributed by atoms with E-state index in [4.69, 9.17) is 4.74 Å². The maximum atomic E-state index is 14.2. The minimum absolute atomic E-state index is 0.00492. The Morgan fingerprint density at radius 3 is 2.69 bits per heavy atom. The van der Waals surface area contributed by atoms with Gasteiger partial charge in [0.2, 0.25) is 0 Å². The van der Waals surface area contributed by atoms with Crippen molar-refractivity contribution in [1.82, 2.24) is 19.4 Å². The van der Waals surface area contributed by atoms with Crippen LogP contribution in [0.25, 0.3) is 5.76 Å². The van der Waals surface area contributed by atoms with Crippen molar-refractivity contribution in [3.05, 3.63) is 84.0 Å². The van der Waals surface area contributed by atoms with Crippen LogP contribution in [0.2, 0.25) is 0 Å². The van der Waals surface area contributed by atoms with Crippen molar-refractivity contribution in [2.75, 3.05) is 13.7 Å². The van der Waals surface area contributed by atoms with Crippen molar-refractivity contribution in [3.8, 4) is 5.75 Å². The predicted molar refractivity (Wildman–Crippen MR) is 113 cm³/mol. The Hall–Kier alpha value is -4.01. The molecule has 8 nitrogen and oxygen atoms in total. The van der Waals surface area contributed by atoms with Crippen LogP contribution in [0.5, 0.6) is 5.75 Å². The van der Waals surface area contributed by atoms with Gasteiger partial charge >= 0.3 is 0 Å². The van der Waals surface area contributed by atoms with E-state index in [2.05, 4.69) is 9.97 Å². The molecule has 164 valence electrons. The van der Waals surface area contributed by atoms with Gasteiger partial charge in [-0.05, 0) is 36.2 Å². The Bertz CT molecular complexity index is 1160. The van der Waals surface area contributed by atoms with Crippen LogP contribution in [-0.2, 0) is 16.1 Å². The first-order chi connectivity index (χ1) is 15.5. The van der Waals surface area contributed by atoms with E-state index in [1.807, 2.05) is 10.8 Å². The number of carbonyl (C=O) groups is 2. The molecule has 3 aromatic rings. The highest BCUT2D eigenvalue weighted by Crippen LogP contribution is 2.39. The number of carbonyl (C=O) groups excluding carboxylic acids is 2. The lowest BCUT2D eigenvalue weighted by Crippen LogP contribution is -2.31. The van der Waals surface area contributed by atoms with Gasteiger partial charge in [0.25, 0.3) is 11.7 Å². The van der Waals surface area contributed by atoms with Crippen LogP contribution in [0, 0.1) is 5.82 Å². The van der Waals surface area contributed by atoms with Gasteiger partial charge < -0.3 is 19.3 Å². The van der Waals surface area contributed by atoms with Gasteiger partial charge in [0.05, 0.1) is 25.1 Å². The molecule has 1 atom stereocenters. The molecule has 4 rings (SSSR count). The summed E-state index contributed by atoms with van der Waals surface area (Å²) in [5.41, 5.74) is 0.550. The molecule has 1 saturated heterocycles. The molecule has 1 aliphatic rings. The molecule has 0 bridgehead atoms. The molecule has 2 aromatic heterocycles. The van der Waals surface area contributed by atoms with Crippen molar-refractivity contribution in [2.24, 2.45) is 0 Å². The van der Waals surface area contributed by atoms with Crippen LogP contribution < -0.4 is 4.74 Å². The number of amides is 1. The molecule has 1 aliphatic heterocycles. The molecule has 1 aromatic carbocycles. The highest BCUT2D eigenvalue weighted by atomic mass is 19.1. The van der Waals surface area contributed by atoms with E-state index in [9.17, 15) is 19.1 Å². The molecule has 0 saturated carbocycles. The van der Waals surface area contributed by atoms with Crippen molar-refractivity contribution in [3.63, 3.8) is 0 Å². The van der Waals surface area contributed by atoms with Crippen molar-refractivity contribution >= 4 is 17.4 Å². The second-order valence-electron chi connectivity index (χ2n) is 7.28. The Morgan fingerprint density at radius 1 is 1.19 bits per heavy atom. The summed E-state index contributed by atoms with van der Waals surface area (Å²) in [6.07, 6.45) is 8.83. The standard InChI is InChI=1S/C23H21FN4O4/c1-32-18-6-5-15(12-17(18)24)21(29)19-20(16-4-2-7-25-13-16)28(23(31)22(19)30)10-3-9-27-11-8-26-14-27/h2,4-8,11-14,20,29H,3,9-10H2,1H3/b21-19+/t20-/m0/s1. The minimum atomic E-state index is -0.836. The number of aromatic nitrogens is 3. The molecule has 0 radical (unpaired) electrons. The lowest BCUT2D eigenvalue weighted by atomic mass is 9.96. The van der Waals surface area contributed by atoms with E-state index in [0.29, 0.717) is 18.5 Å². The maximum absolute atomic E-state index is 14.2. The summed E-state index contributed by atoms with van der Waals surface area (Å²) >= 11 is 0. The van der Waals surface area contributed by atoms with Crippen molar-refractivity contribution in [1.29, 1.82) is 0 Å². The fraction of sp³-hybridized carbons (Fsp3) is 0.217. The summed E-state index contributed by atoms with van der Waals surface area (Å²) in [6.45, 7) is 0.877. The Morgan fingerprint density at radius 2 is 2.03 bits per heavy atom. The van der Waals surface area contributed by atoms with E-state index in [1.54, 1.807) is 37.1 Å². The molecule has 0 aliphatic carbocycles. The number of ether oxygens (including phenoxy) is 1. The lowest BCUT2D eigenvalue weighted by molar-refractivity contribution is -0.139. The molecular formula is C23H21FN4O4. The van der Waals surface area contributed by atoms with E-state index in [0.717, 1.165) is 6.07 Å². The predicted octanol–water partition coefficient (Wildman–Crippen LogP) is 2.94. The molecule has 1 amide bonds. The summed E-state index contributed by atoms with van der Waals surface area (Å²) < 4.78 is 21.0. The number of aryl methyl sites for hydroxylation is 1. The molecule has 32 heavy (non-hydrogen) atoms. The van der Waals surface area contributed by atoms with Crippen LogP contribution >= 0.6 is 0 Å². The fourth-order valence-electron chi connectivity index (χ4n) is 3.81. The molecule has 9 heteroatoms. The summed E-state index contributed by atoms with van der Waals surface area (Å²) in [6, 6.07) is 6.44. The number of methoxy groups -OCH3 is 1. The molecule has 1 N–H and O–H groups in total. The highest BCUT2D eigenvalue weighted by molar-refractivity contribution is 6.46. The minimum Gasteiger partial charge on any atom is -0.507 e. The molecule has 0 spiro atoms. The SMILES string of the molecule is COc1ccc(/C(O)=C2\C(=O)C(=O)N(CCCn3ccnc3)[C@H]2c2cccnc2)cc1F. The summed E-state index contributed by atoms with van der Waals surface area (Å²) in [5.74, 6) is -2.68. The zero-order chi connectivity index (χ0) is 22.7. The number of halogens is 1. The van der Waals surface area contributed by atoms with Crippen LogP contribution in [0.4, 0.5) is 4.39 Å². The van der Waals surface area contributed by atoms with E-state index in [-0.39, 0.29) is 23.4 Å². The summed E-state index contributed by atoms with van der Waals surface area (Å²) in [5, 5.41) is 11.0. The van der Waals surface area contributed by atoms with Gasteiger partial charge in [-0.1, -0.05) is 6.07 Å². The summed E-state index contributed by atoms with van der Waals surface area (Å²) in [7, 11) is 1.33. The topological polar surface area (TPSA) is 97.6 Å². The third kappa shape index (κ3) is 3.96. The zero-order valence-corrected chi connectivity index (χ0v) is 17.3. The number of aliphatic hydroxyl groups excluding tert-OH is 1. The normalized spacial score (nSPS) is 17.7. The number of rotatable bonds is 7. The van der Waals surface area contributed by atoms with Crippen LogP contribution in [0.3, 0.4) is 0 Å². The number of likely N-dealkylation sites (tertiary alicyclic amines) is 1. The number of aliphatic hydroxyl groups is 1. The number of ketones is 1. The first-order valence-electron chi connectivity index (χ1n) is 9.99. The number of hydrogen-bond donors (Lipinski definition) is 1. The smallest absolute Gasteiger partial charge is 0.295 e. The number of benzene rings is 1.